The molecule has 22 heavy (non-hydrogen) atoms. The molecule has 1 aliphatic rings. The zero-order valence-electron chi connectivity index (χ0n) is 14.5. The van der Waals surface area contributed by atoms with Crippen molar-refractivity contribution in [2.24, 2.45) is 5.92 Å². The molecule has 0 spiro atoms. The largest absolute Gasteiger partial charge is 0.465 e. The minimum absolute atomic E-state index is 0.168. The van der Waals surface area contributed by atoms with Gasteiger partial charge >= 0.3 is 0 Å². The molecule has 0 saturated heterocycles. The highest BCUT2D eigenvalue weighted by molar-refractivity contribution is 5.29. The predicted molar refractivity (Wildman–Crippen MR) is 92.4 cm³/mol. The topological polar surface area (TPSA) is 18.5 Å². The van der Waals surface area contributed by atoms with Crippen molar-refractivity contribution >= 4 is 0 Å². The number of hydrogen-bond acceptors (Lipinski definition) is 2. The normalized spacial score (nSPS) is 18.9. The summed E-state index contributed by atoms with van der Waals surface area (Å²) in [5, 5.41) is 0. The Kier molecular flexibility index (Phi) is 7.24. The van der Waals surface area contributed by atoms with E-state index in [0.717, 1.165) is 18.3 Å². The van der Waals surface area contributed by atoms with Gasteiger partial charge < -0.3 is 9.47 Å². The van der Waals surface area contributed by atoms with E-state index in [4.69, 9.17) is 9.47 Å². The van der Waals surface area contributed by atoms with Gasteiger partial charge in [0.05, 0.1) is 6.61 Å². The first-order chi connectivity index (χ1) is 10.7. The highest BCUT2D eigenvalue weighted by Crippen LogP contribution is 2.26. The van der Waals surface area contributed by atoms with Crippen LogP contribution in [0.4, 0.5) is 0 Å². The van der Waals surface area contributed by atoms with Crippen LogP contribution in [0.1, 0.15) is 77.2 Å². The summed E-state index contributed by atoms with van der Waals surface area (Å²) in [4.78, 5) is 0. The molecule has 0 aromatic heterocycles. The fraction of sp³-hybridized carbons (Fsp3) is 0.700. The monoisotopic (exact) mass is 304 g/mol. The molecule has 0 amide bonds. The molecule has 0 N–H and O–H groups in total. The average molecular weight is 304 g/mol. The van der Waals surface area contributed by atoms with Crippen molar-refractivity contribution in [3.8, 4) is 5.75 Å². The summed E-state index contributed by atoms with van der Waals surface area (Å²) in [5.74, 6) is 2.38. The Bertz CT molecular complexity index is 406. The Balaban J connectivity index is 1.68. The maximum Gasteiger partial charge on any atom is 0.196 e. The first-order valence-corrected chi connectivity index (χ1v) is 9.07. The van der Waals surface area contributed by atoms with E-state index >= 15 is 0 Å². The predicted octanol–water partition coefficient (Wildman–Crippen LogP) is 5.91. The van der Waals surface area contributed by atoms with Crippen LogP contribution >= 0.6 is 0 Å². The maximum absolute atomic E-state index is 5.85. The van der Waals surface area contributed by atoms with Gasteiger partial charge in [-0.05, 0) is 49.3 Å². The van der Waals surface area contributed by atoms with Crippen molar-refractivity contribution in [3.05, 3.63) is 29.8 Å². The smallest absolute Gasteiger partial charge is 0.196 e. The SMILES string of the molecule is CC[C@@H](C)c1ccc(OC(C)OCCC2CCCCC2)cc1. The van der Waals surface area contributed by atoms with Crippen molar-refractivity contribution < 1.29 is 9.47 Å². The van der Waals surface area contributed by atoms with E-state index in [1.54, 1.807) is 0 Å². The summed E-state index contributed by atoms with van der Waals surface area (Å²) in [7, 11) is 0. The van der Waals surface area contributed by atoms with Crippen molar-refractivity contribution in [2.75, 3.05) is 6.61 Å². The molecule has 2 rings (SSSR count). The minimum atomic E-state index is -0.168. The van der Waals surface area contributed by atoms with E-state index in [2.05, 4.69) is 38.1 Å². The first-order valence-electron chi connectivity index (χ1n) is 9.07. The summed E-state index contributed by atoms with van der Waals surface area (Å²) >= 11 is 0. The van der Waals surface area contributed by atoms with Gasteiger partial charge in [0.2, 0.25) is 0 Å². The molecule has 1 saturated carbocycles. The van der Waals surface area contributed by atoms with Gasteiger partial charge in [-0.3, -0.25) is 0 Å². The Morgan fingerprint density at radius 1 is 1.05 bits per heavy atom. The lowest BCUT2D eigenvalue weighted by atomic mass is 9.87. The van der Waals surface area contributed by atoms with Gasteiger partial charge in [0.25, 0.3) is 0 Å². The van der Waals surface area contributed by atoms with Crippen LogP contribution in [0.15, 0.2) is 24.3 Å². The van der Waals surface area contributed by atoms with E-state index in [9.17, 15) is 0 Å². The minimum Gasteiger partial charge on any atom is -0.465 e. The van der Waals surface area contributed by atoms with E-state index in [1.807, 2.05) is 6.92 Å². The van der Waals surface area contributed by atoms with Gasteiger partial charge in [-0.1, -0.05) is 58.1 Å². The van der Waals surface area contributed by atoms with Crippen molar-refractivity contribution in [1.29, 1.82) is 0 Å². The lowest BCUT2D eigenvalue weighted by Crippen LogP contribution is -2.19. The summed E-state index contributed by atoms with van der Waals surface area (Å²) in [5.41, 5.74) is 1.38. The summed E-state index contributed by atoms with van der Waals surface area (Å²) in [6.45, 7) is 7.28. The van der Waals surface area contributed by atoms with Gasteiger partial charge in [-0.2, -0.15) is 0 Å². The van der Waals surface area contributed by atoms with E-state index in [1.165, 1.54) is 50.5 Å². The fourth-order valence-corrected chi connectivity index (χ4v) is 3.21. The molecule has 1 aromatic rings. The second-order valence-corrected chi connectivity index (χ2v) is 6.73. The third kappa shape index (κ3) is 5.64. The van der Waals surface area contributed by atoms with Crippen molar-refractivity contribution in [2.45, 2.75) is 77.9 Å². The van der Waals surface area contributed by atoms with Crippen LogP contribution in [0.5, 0.6) is 5.75 Å². The Morgan fingerprint density at radius 2 is 1.73 bits per heavy atom. The maximum atomic E-state index is 5.85. The van der Waals surface area contributed by atoms with Gasteiger partial charge in [0.1, 0.15) is 5.75 Å². The molecule has 0 radical (unpaired) electrons. The molecule has 1 fully saturated rings. The lowest BCUT2D eigenvalue weighted by Gasteiger charge is -2.22. The Morgan fingerprint density at radius 3 is 2.36 bits per heavy atom. The van der Waals surface area contributed by atoms with Crippen LogP contribution in [-0.2, 0) is 4.74 Å². The van der Waals surface area contributed by atoms with Gasteiger partial charge in [0.15, 0.2) is 6.29 Å². The zero-order valence-corrected chi connectivity index (χ0v) is 14.5. The second-order valence-electron chi connectivity index (χ2n) is 6.73. The van der Waals surface area contributed by atoms with Gasteiger partial charge in [0, 0.05) is 0 Å². The third-order valence-corrected chi connectivity index (χ3v) is 4.97. The molecule has 1 aromatic carbocycles. The summed E-state index contributed by atoms with van der Waals surface area (Å²) in [6.07, 6.45) is 9.17. The third-order valence-electron chi connectivity index (χ3n) is 4.97. The van der Waals surface area contributed by atoms with Crippen LogP contribution < -0.4 is 4.74 Å². The van der Waals surface area contributed by atoms with Gasteiger partial charge in [-0.25, -0.2) is 0 Å². The van der Waals surface area contributed by atoms with E-state index < -0.39 is 0 Å². The summed E-state index contributed by atoms with van der Waals surface area (Å²) in [6, 6.07) is 8.45. The highest BCUT2D eigenvalue weighted by Gasteiger charge is 2.14. The number of ether oxygens (including phenoxy) is 2. The van der Waals surface area contributed by atoms with Crippen LogP contribution in [0, 0.1) is 5.92 Å². The molecule has 0 heterocycles. The summed E-state index contributed by atoms with van der Waals surface area (Å²) < 4.78 is 11.7. The molecule has 0 bridgehead atoms. The number of benzene rings is 1. The molecular formula is C20H32O2. The highest BCUT2D eigenvalue weighted by atomic mass is 16.7. The zero-order chi connectivity index (χ0) is 15.8. The van der Waals surface area contributed by atoms with Crippen molar-refractivity contribution in [3.63, 3.8) is 0 Å². The van der Waals surface area contributed by atoms with Crippen LogP contribution in [-0.4, -0.2) is 12.9 Å². The van der Waals surface area contributed by atoms with Crippen LogP contribution in [0.25, 0.3) is 0 Å². The molecule has 124 valence electrons. The van der Waals surface area contributed by atoms with Crippen molar-refractivity contribution in [1.82, 2.24) is 0 Å². The van der Waals surface area contributed by atoms with E-state index in [0.29, 0.717) is 5.92 Å². The fourth-order valence-electron chi connectivity index (χ4n) is 3.21. The Labute approximate surface area is 136 Å². The molecule has 1 unspecified atom stereocenters. The molecule has 2 atom stereocenters. The Hall–Kier alpha value is -1.02. The molecule has 2 heteroatoms. The number of rotatable bonds is 8. The van der Waals surface area contributed by atoms with Crippen LogP contribution in [0.2, 0.25) is 0 Å². The standard InChI is InChI=1S/C20H32O2/c1-4-16(2)19-10-12-20(13-11-19)22-17(3)21-15-14-18-8-6-5-7-9-18/h10-13,16-18H,4-9,14-15H2,1-3H3/t16-,17?/m1/s1. The molecular weight excluding hydrogens is 272 g/mol. The lowest BCUT2D eigenvalue weighted by molar-refractivity contribution is -0.0711. The first kappa shape index (κ1) is 17.3. The average Bonchev–Trinajstić information content (AvgIpc) is 2.56. The van der Waals surface area contributed by atoms with Crippen LogP contribution in [0.3, 0.4) is 0 Å². The number of hydrogen-bond donors (Lipinski definition) is 0. The van der Waals surface area contributed by atoms with E-state index in [-0.39, 0.29) is 6.29 Å². The molecule has 2 nitrogen and oxygen atoms in total. The molecule has 1 aliphatic carbocycles. The molecule has 0 aliphatic heterocycles. The second kappa shape index (κ2) is 9.19. The van der Waals surface area contributed by atoms with Gasteiger partial charge in [-0.15, -0.1) is 0 Å². The quantitative estimate of drug-likeness (QED) is 0.556.